The maximum atomic E-state index is 5.59. The van der Waals surface area contributed by atoms with Gasteiger partial charge in [0.1, 0.15) is 17.1 Å². The molecule has 1 aliphatic rings. The Kier molecular flexibility index (Phi) is 4.02. The fraction of sp³-hybridized carbons (Fsp3) is 0.143. The van der Waals surface area contributed by atoms with Gasteiger partial charge in [-0.3, -0.25) is 4.99 Å². The van der Waals surface area contributed by atoms with Crippen molar-refractivity contribution < 1.29 is 4.74 Å². The van der Waals surface area contributed by atoms with Crippen LogP contribution in [-0.2, 0) is 0 Å². The molecule has 0 N–H and O–H groups in total. The SMILES string of the molecule is COc1ccccc1-c1nc(-c2c(C)nn3ccccc23)sc1C1=NC=NC1. The summed E-state index contributed by atoms with van der Waals surface area (Å²) >= 11 is 1.63. The van der Waals surface area contributed by atoms with E-state index in [1.54, 1.807) is 24.8 Å². The van der Waals surface area contributed by atoms with Gasteiger partial charge >= 0.3 is 0 Å². The number of fused-ring (bicyclic) bond motifs is 1. The fourth-order valence-electron chi connectivity index (χ4n) is 3.44. The molecule has 0 aliphatic carbocycles. The van der Waals surface area contributed by atoms with Crippen molar-refractivity contribution in [1.29, 1.82) is 0 Å². The van der Waals surface area contributed by atoms with Crippen molar-refractivity contribution in [1.82, 2.24) is 14.6 Å². The summed E-state index contributed by atoms with van der Waals surface area (Å²) in [7, 11) is 1.68. The molecule has 28 heavy (non-hydrogen) atoms. The van der Waals surface area contributed by atoms with E-state index < -0.39 is 0 Å². The third kappa shape index (κ3) is 2.63. The second kappa shape index (κ2) is 6.69. The van der Waals surface area contributed by atoms with Gasteiger partial charge in [0.2, 0.25) is 0 Å². The van der Waals surface area contributed by atoms with E-state index in [9.17, 15) is 0 Å². The van der Waals surface area contributed by atoms with Gasteiger partial charge in [-0.25, -0.2) is 14.5 Å². The Hall–Kier alpha value is -3.32. The van der Waals surface area contributed by atoms with E-state index in [1.165, 1.54) is 0 Å². The zero-order valence-electron chi connectivity index (χ0n) is 15.5. The van der Waals surface area contributed by atoms with Gasteiger partial charge in [0, 0.05) is 11.8 Å². The first-order valence-corrected chi connectivity index (χ1v) is 9.72. The quantitative estimate of drug-likeness (QED) is 0.525. The second-order valence-electron chi connectivity index (χ2n) is 6.42. The molecule has 0 saturated carbocycles. The van der Waals surface area contributed by atoms with Gasteiger partial charge < -0.3 is 4.74 Å². The summed E-state index contributed by atoms with van der Waals surface area (Å²) in [6.07, 6.45) is 3.57. The lowest BCUT2D eigenvalue weighted by Crippen LogP contribution is -2.01. The molecule has 4 aromatic rings. The number of hydrogen-bond acceptors (Lipinski definition) is 6. The Morgan fingerprint density at radius 1 is 1.11 bits per heavy atom. The number of hydrogen-bond donors (Lipinski definition) is 0. The van der Waals surface area contributed by atoms with E-state index in [0.717, 1.165) is 49.4 Å². The molecule has 3 aromatic heterocycles. The molecule has 5 rings (SSSR count). The van der Waals surface area contributed by atoms with Crippen molar-refractivity contribution >= 4 is 28.9 Å². The van der Waals surface area contributed by atoms with Crippen LogP contribution >= 0.6 is 11.3 Å². The zero-order chi connectivity index (χ0) is 19.1. The average Bonchev–Trinajstić information content (AvgIpc) is 3.45. The van der Waals surface area contributed by atoms with Gasteiger partial charge in [0.05, 0.1) is 46.7 Å². The van der Waals surface area contributed by atoms with Crippen molar-refractivity contribution in [3.8, 4) is 27.6 Å². The van der Waals surface area contributed by atoms with Crippen LogP contribution in [0, 0.1) is 6.92 Å². The van der Waals surface area contributed by atoms with Crippen LogP contribution in [0.1, 0.15) is 10.6 Å². The molecule has 0 atom stereocenters. The van der Waals surface area contributed by atoms with Crippen LogP contribution < -0.4 is 4.74 Å². The molecule has 0 amide bonds. The maximum Gasteiger partial charge on any atom is 0.128 e. The van der Waals surface area contributed by atoms with Crippen molar-refractivity contribution in [3.63, 3.8) is 0 Å². The number of ether oxygens (including phenoxy) is 1. The van der Waals surface area contributed by atoms with Gasteiger partial charge in [0.15, 0.2) is 0 Å². The van der Waals surface area contributed by atoms with Crippen LogP contribution in [0.3, 0.4) is 0 Å². The molecule has 6 nitrogen and oxygen atoms in total. The molecule has 0 unspecified atom stereocenters. The molecule has 0 spiro atoms. The number of para-hydroxylation sites is 1. The molecule has 1 aromatic carbocycles. The molecule has 0 bridgehead atoms. The minimum absolute atomic E-state index is 0.567. The van der Waals surface area contributed by atoms with Crippen molar-refractivity contribution in [2.45, 2.75) is 6.92 Å². The van der Waals surface area contributed by atoms with Crippen LogP contribution in [0.5, 0.6) is 5.75 Å². The molecule has 138 valence electrons. The number of pyridine rings is 1. The number of aryl methyl sites for hydroxylation is 1. The van der Waals surface area contributed by atoms with Crippen LogP contribution in [0.2, 0.25) is 0 Å². The van der Waals surface area contributed by atoms with E-state index in [4.69, 9.17) is 9.72 Å². The first-order chi connectivity index (χ1) is 13.8. The van der Waals surface area contributed by atoms with Gasteiger partial charge in [-0.05, 0) is 31.2 Å². The van der Waals surface area contributed by atoms with Crippen LogP contribution in [0.25, 0.3) is 27.3 Å². The Balaban J connectivity index is 1.76. The van der Waals surface area contributed by atoms with Gasteiger partial charge in [0.25, 0.3) is 0 Å². The molecule has 0 fully saturated rings. The van der Waals surface area contributed by atoms with E-state index in [2.05, 4.69) is 21.1 Å². The number of rotatable bonds is 4. The molecule has 0 radical (unpaired) electrons. The molecule has 1 aliphatic heterocycles. The Bertz CT molecular complexity index is 1250. The standard InChI is InChI=1S/C21H17N5OS/c1-13-18(16-8-5-6-10-26(16)25-13)21-24-19(14-7-3-4-9-17(14)27-2)20(28-21)15-11-22-12-23-15/h3-10,12H,11H2,1-2H3. The van der Waals surface area contributed by atoms with E-state index >= 15 is 0 Å². The van der Waals surface area contributed by atoms with Crippen molar-refractivity contribution in [2.75, 3.05) is 13.7 Å². The molecular formula is C21H17N5OS. The Morgan fingerprint density at radius 2 is 1.96 bits per heavy atom. The highest BCUT2D eigenvalue weighted by Crippen LogP contribution is 2.40. The van der Waals surface area contributed by atoms with Crippen molar-refractivity contribution in [2.24, 2.45) is 9.98 Å². The fourth-order valence-corrected chi connectivity index (χ4v) is 4.61. The van der Waals surface area contributed by atoms with E-state index in [-0.39, 0.29) is 0 Å². The molecule has 0 saturated heterocycles. The van der Waals surface area contributed by atoms with Gasteiger partial charge in [-0.2, -0.15) is 5.10 Å². The topological polar surface area (TPSA) is 64.1 Å². The first kappa shape index (κ1) is 16.8. The summed E-state index contributed by atoms with van der Waals surface area (Å²) in [4.78, 5) is 14.8. The van der Waals surface area contributed by atoms with Gasteiger partial charge in [-0.15, -0.1) is 11.3 Å². The molecular weight excluding hydrogens is 370 g/mol. The summed E-state index contributed by atoms with van der Waals surface area (Å²) in [5.41, 5.74) is 5.79. The largest absolute Gasteiger partial charge is 0.496 e. The minimum Gasteiger partial charge on any atom is -0.496 e. The number of nitrogens with zero attached hydrogens (tertiary/aromatic N) is 5. The number of benzene rings is 1. The highest BCUT2D eigenvalue weighted by atomic mass is 32.1. The lowest BCUT2D eigenvalue weighted by molar-refractivity contribution is 0.416. The normalized spacial score (nSPS) is 13.3. The zero-order valence-corrected chi connectivity index (χ0v) is 16.3. The summed E-state index contributed by atoms with van der Waals surface area (Å²) in [5.74, 6) is 0.789. The second-order valence-corrected chi connectivity index (χ2v) is 7.42. The number of aromatic nitrogens is 3. The van der Waals surface area contributed by atoms with Crippen molar-refractivity contribution in [3.05, 3.63) is 59.2 Å². The highest BCUT2D eigenvalue weighted by Gasteiger charge is 2.24. The van der Waals surface area contributed by atoms with E-state index in [0.29, 0.717) is 6.54 Å². The predicted octanol–water partition coefficient (Wildman–Crippen LogP) is 4.27. The van der Waals surface area contributed by atoms with Crippen LogP contribution in [0.15, 0.2) is 58.6 Å². The smallest absolute Gasteiger partial charge is 0.128 e. The lowest BCUT2D eigenvalue weighted by Gasteiger charge is -2.07. The maximum absolute atomic E-state index is 5.59. The number of thiazole rings is 1. The first-order valence-electron chi connectivity index (χ1n) is 8.90. The summed E-state index contributed by atoms with van der Waals surface area (Å²) in [5, 5.41) is 5.56. The monoisotopic (exact) mass is 387 g/mol. The molecule has 4 heterocycles. The molecule has 7 heteroatoms. The Labute approximate surface area is 165 Å². The summed E-state index contributed by atoms with van der Waals surface area (Å²) in [6.45, 7) is 2.58. The minimum atomic E-state index is 0.567. The third-order valence-electron chi connectivity index (χ3n) is 4.72. The van der Waals surface area contributed by atoms with Crippen LogP contribution in [-0.4, -0.2) is 40.3 Å². The highest BCUT2D eigenvalue weighted by molar-refractivity contribution is 7.17. The lowest BCUT2D eigenvalue weighted by atomic mass is 10.1. The number of aliphatic imine (C=N–C) groups is 2. The van der Waals surface area contributed by atoms with E-state index in [1.807, 2.05) is 54.0 Å². The van der Waals surface area contributed by atoms with Gasteiger partial charge in [-0.1, -0.05) is 18.2 Å². The van der Waals surface area contributed by atoms with Crippen LogP contribution in [0.4, 0.5) is 0 Å². The number of methoxy groups -OCH3 is 1. The summed E-state index contributed by atoms with van der Waals surface area (Å²) < 4.78 is 7.48. The predicted molar refractivity (Wildman–Crippen MR) is 113 cm³/mol. The average molecular weight is 387 g/mol. The Morgan fingerprint density at radius 3 is 2.79 bits per heavy atom. The third-order valence-corrected chi connectivity index (χ3v) is 5.84. The summed E-state index contributed by atoms with van der Waals surface area (Å²) in [6, 6.07) is 14.0.